The molecule has 0 spiro atoms. The zero-order chi connectivity index (χ0) is 18.4. The molecule has 25 heavy (non-hydrogen) atoms. The zero-order valence-electron chi connectivity index (χ0n) is 15.9. The largest absolute Gasteiger partial charge is 3.00 e. The van der Waals surface area contributed by atoms with Gasteiger partial charge < -0.3 is 10.1 Å². The molecule has 0 N–H and O–H groups in total. The summed E-state index contributed by atoms with van der Waals surface area (Å²) in [5.41, 5.74) is 2.94. The molecule has 1 aliphatic heterocycles. The summed E-state index contributed by atoms with van der Waals surface area (Å²) in [6, 6.07) is 5.94. The zero-order valence-corrected chi connectivity index (χ0v) is 18.6. The van der Waals surface area contributed by atoms with E-state index in [-0.39, 0.29) is 19.5 Å². The first-order valence-electron chi connectivity index (χ1n) is 8.02. The fraction of sp³-hybridized carbons (Fsp3) is 0.400. The molecule has 0 saturated heterocycles. The average Bonchev–Trinajstić information content (AvgIpc) is 2.53. The number of rotatable bonds is 2. The molecule has 5 heteroatoms. The Morgan fingerprint density at radius 3 is 2.16 bits per heavy atom. The van der Waals surface area contributed by atoms with Gasteiger partial charge in [0.05, 0.1) is 10.3 Å². The van der Waals surface area contributed by atoms with Gasteiger partial charge in [0.25, 0.3) is 0 Å². The Morgan fingerprint density at radius 1 is 1.08 bits per heavy atom. The second-order valence-corrected chi connectivity index (χ2v) is 11.8. The van der Waals surface area contributed by atoms with Crippen LogP contribution in [0.15, 0.2) is 54.1 Å². The minimum absolute atomic E-state index is 0. The van der Waals surface area contributed by atoms with E-state index in [0.29, 0.717) is 10.3 Å². The van der Waals surface area contributed by atoms with Crippen LogP contribution in [-0.4, -0.2) is 22.1 Å². The summed E-state index contributed by atoms with van der Waals surface area (Å²) in [6.45, 7) is 17.3. The average molecular weight is 445 g/mol. The smallest absolute Gasteiger partial charge is 0.653 e. The van der Waals surface area contributed by atoms with Crippen LogP contribution < -0.4 is 0 Å². The molecule has 0 saturated carbocycles. The van der Waals surface area contributed by atoms with Gasteiger partial charge in [0.15, 0.2) is 0 Å². The molecular formula is C20H28N2OPRu+2. The molecule has 3 nitrogen and oxygen atoms in total. The Morgan fingerprint density at radius 2 is 1.68 bits per heavy atom. The summed E-state index contributed by atoms with van der Waals surface area (Å²) in [5, 5.41) is 5.41. The molecule has 0 atom stereocenters. The van der Waals surface area contributed by atoms with Gasteiger partial charge in [-0.3, -0.25) is 11.8 Å². The van der Waals surface area contributed by atoms with Crippen molar-refractivity contribution in [2.75, 3.05) is 0 Å². The number of hydrogen-bond donors (Lipinski definition) is 0. The first-order valence-corrected chi connectivity index (χ1v) is 9.60. The monoisotopic (exact) mass is 445 g/mol. The van der Waals surface area contributed by atoms with Gasteiger partial charge in [-0.15, -0.1) is 11.4 Å². The van der Waals surface area contributed by atoms with Crippen LogP contribution >= 0.6 is 7.92 Å². The molecule has 1 aliphatic rings. The van der Waals surface area contributed by atoms with Crippen molar-refractivity contribution in [3.63, 3.8) is 0 Å². The van der Waals surface area contributed by atoms with Crippen LogP contribution in [0.25, 0.3) is 11.0 Å². The van der Waals surface area contributed by atoms with Crippen molar-refractivity contribution in [3.8, 4) is 0 Å². The number of nitrogens with zero attached hydrogens (tertiary/aromatic N) is 2. The first kappa shape index (κ1) is 23.9. The van der Waals surface area contributed by atoms with Crippen LogP contribution in [0, 0.1) is 0 Å². The van der Waals surface area contributed by atoms with Crippen molar-refractivity contribution in [1.82, 2.24) is 4.98 Å². The molecule has 1 aromatic heterocycles. The predicted octanol–water partition coefficient (Wildman–Crippen LogP) is 5.74. The number of hydrogen-bond acceptors (Lipinski definition) is 2. The Hall–Kier alpha value is -1.11. The van der Waals surface area contributed by atoms with Crippen molar-refractivity contribution >= 4 is 20.4 Å². The van der Waals surface area contributed by atoms with Gasteiger partial charge in [0.1, 0.15) is 0 Å². The Bertz CT molecular complexity index is 611. The molecular weight excluding hydrogens is 416 g/mol. The first-order chi connectivity index (χ1) is 11.2. The Kier molecular flexibility index (Phi) is 9.69. The van der Waals surface area contributed by atoms with Crippen LogP contribution in [0.1, 0.15) is 47.2 Å². The molecule has 1 aromatic rings. The van der Waals surface area contributed by atoms with E-state index in [1.807, 2.05) is 30.5 Å². The van der Waals surface area contributed by atoms with Crippen molar-refractivity contribution in [2.24, 2.45) is 0 Å². The van der Waals surface area contributed by atoms with Crippen molar-refractivity contribution in [1.29, 1.82) is 0 Å². The molecule has 0 aromatic carbocycles. The third kappa shape index (κ3) is 7.34. The van der Waals surface area contributed by atoms with Crippen LogP contribution in [0.3, 0.4) is 0 Å². The molecule has 2 heterocycles. The summed E-state index contributed by atoms with van der Waals surface area (Å²) in [6.07, 6.45) is 8.02. The molecule has 1 radical (unpaired) electrons. The van der Waals surface area contributed by atoms with E-state index >= 15 is 0 Å². The predicted molar refractivity (Wildman–Crippen MR) is 107 cm³/mol. The van der Waals surface area contributed by atoms with Gasteiger partial charge in [-0.2, -0.15) is 0 Å². The third-order valence-electron chi connectivity index (χ3n) is 3.61. The summed E-state index contributed by atoms with van der Waals surface area (Å²) in [7, 11) is -0.734. The Balaban J connectivity index is 0.00000185. The molecule has 0 amide bonds. The molecule has 0 unspecified atom stereocenters. The quantitative estimate of drug-likeness (QED) is 0.253. The fourth-order valence-electron chi connectivity index (χ4n) is 2.89. The van der Waals surface area contributed by atoms with E-state index in [9.17, 15) is 0 Å². The van der Waals surface area contributed by atoms with Gasteiger partial charge in [-0.1, -0.05) is 24.3 Å². The van der Waals surface area contributed by atoms with E-state index in [0.717, 1.165) is 17.1 Å². The third-order valence-corrected chi connectivity index (χ3v) is 7.42. The summed E-state index contributed by atoms with van der Waals surface area (Å²) >= 11 is 0. The number of pyridine rings is 1. The van der Waals surface area contributed by atoms with E-state index in [1.54, 1.807) is 0 Å². The van der Waals surface area contributed by atoms with Crippen LogP contribution in [-0.2, 0) is 24.3 Å². The van der Waals surface area contributed by atoms with Crippen molar-refractivity contribution in [2.45, 2.75) is 51.9 Å². The number of carbonyl (C=O) groups excluding carboxylic acids is 1. The molecule has 0 fully saturated rings. The fourth-order valence-corrected chi connectivity index (χ4v) is 6.47. The normalized spacial score (nSPS) is 15.6. The van der Waals surface area contributed by atoms with Gasteiger partial charge in [0.2, 0.25) is 0 Å². The molecule has 0 aliphatic carbocycles. The van der Waals surface area contributed by atoms with E-state index in [4.69, 9.17) is 10.1 Å². The maximum atomic E-state index is 7.75. The van der Waals surface area contributed by atoms with E-state index in [2.05, 4.69) is 71.3 Å². The number of allylic oxidation sites excluding steroid dienone is 3. The molecule has 0 bridgehead atoms. The van der Waals surface area contributed by atoms with Crippen molar-refractivity contribution in [3.05, 3.63) is 65.1 Å². The maximum absolute atomic E-state index is 7.75. The minimum atomic E-state index is -0.734. The van der Waals surface area contributed by atoms with Crippen LogP contribution in [0.2, 0.25) is 0 Å². The van der Waals surface area contributed by atoms with Gasteiger partial charge >= 0.3 is 19.5 Å². The minimum Gasteiger partial charge on any atom is -0.653 e. The number of aromatic nitrogens is 1. The standard InChI is InChI=1S/C19H26N2P.CHO.Ru/c1-18(2,3)22(19(4,5)6)14-15-10-9-12-17(21-15)16-11-7-8-13-20-16;1-2;/h7-14H,1-6H3;1H;/q2*-1;+3/p+1/b15-14-;;. The van der Waals surface area contributed by atoms with Crippen LogP contribution in [0.4, 0.5) is 0 Å². The van der Waals surface area contributed by atoms with Crippen LogP contribution in [0.5, 0.6) is 0 Å². The summed E-state index contributed by atoms with van der Waals surface area (Å²) in [5.74, 6) is 2.41. The Labute approximate surface area is 166 Å². The van der Waals surface area contributed by atoms with Gasteiger partial charge in [-0.05, 0) is 53.7 Å². The topological polar surface area (TPSA) is 44.1 Å². The molecule has 2 rings (SSSR count). The second kappa shape index (κ2) is 10.1. The van der Waals surface area contributed by atoms with Crippen molar-refractivity contribution < 1.29 is 24.3 Å². The van der Waals surface area contributed by atoms with Gasteiger partial charge in [-0.25, -0.2) is 0 Å². The second-order valence-electron chi connectivity index (χ2n) is 7.72. The van der Waals surface area contributed by atoms with Gasteiger partial charge in [0, 0.05) is 25.6 Å². The maximum Gasteiger partial charge on any atom is 3.00 e. The summed E-state index contributed by atoms with van der Waals surface area (Å²) in [4.78, 5) is 12.1. The summed E-state index contributed by atoms with van der Waals surface area (Å²) < 4.78 is 0. The van der Waals surface area contributed by atoms with E-state index in [1.165, 1.54) is 0 Å². The SMILES string of the molecule is CC(C)(C)[PH+](/C=C1/C=CC=C(c2ccccn2)[N-]1)C(C)(C)C.[CH-]=O.[Ru+3]. The van der Waals surface area contributed by atoms with E-state index < -0.39 is 7.92 Å². The molecule has 135 valence electrons.